The number of hydrogen-bond donors (Lipinski definition) is 2. The van der Waals surface area contributed by atoms with Crippen LogP contribution >= 0.6 is 0 Å². The molecule has 3 rings (SSSR count). The molecule has 6 heteroatoms. The van der Waals surface area contributed by atoms with E-state index in [4.69, 9.17) is 15.6 Å². The number of carboxylic acid groups (broad SMARTS) is 1. The van der Waals surface area contributed by atoms with Gasteiger partial charge in [-0.15, -0.1) is 0 Å². The molecule has 5 nitrogen and oxygen atoms in total. The van der Waals surface area contributed by atoms with E-state index in [0.717, 1.165) is 25.9 Å². The molecule has 0 spiro atoms. The molecule has 1 heterocycles. The second kappa shape index (κ2) is 7.42. The molecule has 25 heavy (non-hydrogen) atoms. The highest BCUT2D eigenvalue weighted by molar-refractivity contribution is 5.88. The van der Waals surface area contributed by atoms with E-state index in [1.165, 1.54) is 18.2 Å². The lowest BCUT2D eigenvalue weighted by atomic mass is 9.97. The van der Waals surface area contributed by atoms with Crippen LogP contribution in [-0.4, -0.2) is 30.8 Å². The number of nitrogens with two attached hydrogens (primary N) is 1. The van der Waals surface area contributed by atoms with Crippen LogP contribution in [0.1, 0.15) is 23.2 Å². The molecule has 132 valence electrons. The summed E-state index contributed by atoms with van der Waals surface area (Å²) in [6.07, 6.45) is 1.78. The predicted octanol–water partition coefficient (Wildman–Crippen LogP) is 3.40. The number of ether oxygens (including phenoxy) is 1. The highest BCUT2D eigenvalue weighted by atomic mass is 19.1. The fourth-order valence-corrected chi connectivity index (χ4v) is 3.05. The molecule has 0 aliphatic carbocycles. The minimum Gasteiger partial charge on any atom is -0.493 e. The van der Waals surface area contributed by atoms with E-state index >= 15 is 0 Å². The van der Waals surface area contributed by atoms with Crippen molar-refractivity contribution in [3.8, 4) is 5.75 Å². The topological polar surface area (TPSA) is 75.8 Å². The van der Waals surface area contributed by atoms with Crippen molar-refractivity contribution in [1.82, 2.24) is 0 Å². The molecular weight excluding hydrogens is 323 g/mol. The number of rotatable bonds is 5. The summed E-state index contributed by atoms with van der Waals surface area (Å²) in [4.78, 5) is 13.0. The summed E-state index contributed by atoms with van der Waals surface area (Å²) in [5, 5.41) is 9.00. The minimum absolute atomic E-state index is 0.214. The van der Waals surface area contributed by atoms with Gasteiger partial charge in [0.1, 0.15) is 11.6 Å². The van der Waals surface area contributed by atoms with Crippen LogP contribution in [0.2, 0.25) is 0 Å². The van der Waals surface area contributed by atoms with Gasteiger partial charge in [-0.25, -0.2) is 9.18 Å². The van der Waals surface area contributed by atoms with E-state index in [1.807, 2.05) is 4.90 Å². The smallest absolute Gasteiger partial charge is 0.335 e. The molecule has 1 aliphatic rings. The van der Waals surface area contributed by atoms with Gasteiger partial charge in [-0.3, -0.25) is 0 Å². The number of carboxylic acids is 1. The van der Waals surface area contributed by atoms with Crippen molar-refractivity contribution in [2.45, 2.75) is 12.8 Å². The van der Waals surface area contributed by atoms with Crippen LogP contribution < -0.4 is 15.4 Å². The molecule has 0 radical (unpaired) electrons. The molecule has 0 atom stereocenters. The standard InChI is InChI=1S/C19H21FN2O3/c20-17-11-15(21)4-5-18(17)22-8-6-13(7-9-22)12-25-16-3-1-2-14(10-16)19(23)24/h1-5,10-11,13H,6-9,12,21H2,(H,23,24). The molecule has 2 aromatic rings. The average molecular weight is 344 g/mol. The molecule has 0 saturated carbocycles. The summed E-state index contributed by atoms with van der Waals surface area (Å²) in [6.45, 7) is 2.04. The zero-order valence-electron chi connectivity index (χ0n) is 13.8. The SMILES string of the molecule is Nc1ccc(N2CCC(COc3cccc(C(=O)O)c3)CC2)c(F)c1. The largest absolute Gasteiger partial charge is 0.493 e. The van der Waals surface area contributed by atoms with Gasteiger partial charge in [0, 0.05) is 18.8 Å². The Bertz CT molecular complexity index is 758. The van der Waals surface area contributed by atoms with Crippen molar-refractivity contribution in [1.29, 1.82) is 0 Å². The first kappa shape index (κ1) is 17.1. The van der Waals surface area contributed by atoms with Crippen molar-refractivity contribution in [3.63, 3.8) is 0 Å². The fourth-order valence-electron chi connectivity index (χ4n) is 3.05. The molecule has 0 aromatic heterocycles. The van der Waals surface area contributed by atoms with Gasteiger partial charge < -0.3 is 20.5 Å². The first-order valence-electron chi connectivity index (χ1n) is 8.29. The number of hydrogen-bond acceptors (Lipinski definition) is 4. The Balaban J connectivity index is 1.53. The average Bonchev–Trinajstić information content (AvgIpc) is 2.61. The summed E-state index contributed by atoms with van der Waals surface area (Å²) < 4.78 is 19.8. The Kier molecular flexibility index (Phi) is 5.07. The van der Waals surface area contributed by atoms with Gasteiger partial charge in [0.15, 0.2) is 0 Å². The number of aromatic carboxylic acids is 1. The number of benzene rings is 2. The van der Waals surface area contributed by atoms with Gasteiger partial charge in [-0.1, -0.05) is 6.07 Å². The molecule has 0 amide bonds. The second-order valence-corrected chi connectivity index (χ2v) is 6.29. The highest BCUT2D eigenvalue weighted by Crippen LogP contribution is 2.27. The summed E-state index contributed by atoms with van der Waals surface area (Å²) in [5.74, 6) is -0.335. The maximum atomic E-state index is 14.0. The molecule has 0 bridgehead atoms. The third-order valence-corrected chi connectivity index (χ3v) is 4.49. The summed E-state index contributed by atoms with van der Waals surface area (Å²) >= 11 is 0. The Morgan fingerprint density at radius 2 is 2.00 bits per heavy atom. The van der Waals surface area contributed by atoms with E-state index in [9.17, 15) is 9.18 Å². The second-order valence-electron chi connectivity index (χ2n) is 6.29. The van der Waals surface area contributed by atoms with Gasteiger partial charge in [0.2, 0.25) is 0 Å². The summed E-state index contributed by atoms with van der Waals surface area (Å²) in [7, 11) is 0. The van der Waals surface area contributed by atoms with Crippen molar-refractivity contribution in [3.05, 3.63) is 53.8 Å². The van der Waals surface area contributed by atoms with Crippen molar-refractivity contribution in [2.24, 2.45) is 5.92 Å². The quantitative estimate of drug-likeness (QED) is 0.813. The maximum absolute atomic E-state index is 14.0. The Morgan fingerprint density at radius 3 is 2.68 bits per heavy atom. The number of carbonyl (C=O) groups is 1. The Labute approximate surface area is 145 Å². The number of halogens is 1. The lowest BCUT2D eigenvalue weighted by Gasteiger charge is -2.33. The molecule has 2 aromatic carbocycles. The van der Waals surface area contributed by atoms with Crippen LogP contribution in [0.4, 0.5) is 15.8 Å². The lowest BCUT2D eigenvalue weighted by Crippen LogP contribution is -2.36. The monoisotopic (exact) mass is 344 g/mol. The highest BCUT2D eigenvalue weighted by Gasteiger charge is 2.22. The van der Waals surface area contributed by atoms with Crippen LogP contribution in [-0.2, 0) is 0 Å². The number of anilines is 2. The van der Waals surface area contributed by atoms with Gasteiger partial charge in [0.25, 0.3) is 0 Å². The normalized spacial score (nSPS) is 15.2. The zero-order chi connectivity index (χ0) is 17.8. The Hall–Kier alpha value is -2.76. The van der Waals surface area contributed by atoms with Gasteiger partial charge in [0.05, 0.1) is 17.9 Å². The van der Waals surface area contributed by atoms with Gasteiger partial charge >= 0.3 is 5.97 Å². The lowest BCUT2D eigenvalue weighted by molar-refractivity contribution is 0.0696. The van der Waals surface area contributed by atoms with Gasteiger partial charge in [-0.05, 0) is 55.2 Å². The van der Waals surface area contributed by atoms with E-state index in [2.05, 4.69) is 0 Å². The Morgan fingerprint density at radius 1 is 1.24 bits per heavy atom. The molecule has 0 unspecified atom stereocenters. The van der Waals surface area contributed by atoms with Gasteiger partial charge in [-0.2, -0.15) is 0 Å². The number of nitrogens with zero attached hydrogens (tertiary/aromatic N) is 1. The molecule has 1 saturated heterocycles. The summed E-state index contributed by atoms with van der Waals surface area (Å²) in [6, 6.07) is 11.3. The predicted molar refractivity (Wildman–Crippen MR) is 94.6 cm³/mol. The van der Waals surface area contributed by atoms with Crippen molar-refractivity contribution < 1.29 is 19.0 Å². The molecule has 1 aliphatic heterocycles. The van der Waals surface area contributed by atoms with Crippen LogP contribution in [0.3, 0.4) is 0 Å². The van der Waals surface area contributed by atoms with Crippen molar-refractivity contribution in [2.75, 3.05) is 30.3 Å². The van der Waals surface area contributed by atoms with E-state index in [-0.39, 0.29) is 11.4 Å². The van der Waals surface area contributed by atoms with Crippen LogP contribution in [0.5, 0.6) is 5.75 Å². The summed E-state index contributed by atoms with van der Waals surface area (Å²) in [5.41, 5.74) is 6.82. The molecule has 3 N–H and O–H groups in total. The van der Waals surface area contributed by atoms with Crippen molar-refractivity contribution >= 4 is 17.3 Å². The first-order valence-corrected chi connectivity index (χ1v) is 8.29. The van der Waals surface area contributed by atoms with E-state index in [1.54, 1.807) is 24.3 Å². The zero-order valence-corrected chi connectivity index (χ0v) is 13.8. The van der Waals surface area contributed by atoms with E-state index in [0.29, 0.717) is 29.6 Å². The van der Waals surface area contributed by atoms with Crippen LogP contribution in [0.25, 0.3) is 0 Å². The third kappa shape index (κ3) is 4.21. The maximum Gasteiger partial charge on any atom is 0.335 e. The van der Waals surface area contributed by atoms with Crippen LogP contribution in [0, 0.1) is 11.7 Å². The third-order valence-electron chi connectivity index (χ3n) is 4.49. The fraction of sp³-hybridized carbons (Fsp3) is 0.316. The first-order chi connectivity index (χ1) is 12.0. The number of piperidine rings is 1. The molecular formula is C19H21FN2O3. The minimum atomic E-state index is -0.968. The van der Waals surface area contributed by atoms with Crippen LogP contribution in [0.15, 0.2) is 42.5 Å². The molecule has 1 fully saturated rings. The number of nitrogen functional groups attached to an aromatic ring is 1. The van der Waals surface area contributed by atoms with E-state index < -0.39 is 5.97 Å².